The Labute approximate surface area is 125 Å². The first-order chi connectivity index (χ1) is 9.15. The minimum Gasteiger partial charge on any atom is -0.300 e. The highest BCUT2D eigenvalue weighted by Crippen LogP contribution is 2.21. The summed E-state index contributed by atoms with van der Waals surface area (Å²) in [6.07, 6.45) is 6.56. The number of carbonyl (C=O) groups excluding carboxylic acids is 2. The van der Waals surface area contributed by atoms with E-state index >= 15 is 0 Å². The van der Waals surface area contributed by atoms with Gasteiger partial charge in [-0.2, -0.15) is 23.5 Å². The van der Waals surface area contributed by atoms with Crippen LogP contribution >= 0.6 is 23.5 Å². The van der Waals surface area contributed by atoms with E-state index in [1.54, 1.807) is 18.7 Å². The van der Waals surface area contributed by atoms with Gasteiger partial charge in [-0.05, 0) is 19.8 Å². The van der Waals surface area contributed by atoms with E-state index in [0.717, 1.165) is 35.9 Å². The van der Waals surface area contributed by atoms with E-state index in [1.165, 1.54) is 0 Å². The maximum Gasteiger partial charge on any atom is 0.136 e. The average molecular weight is 300 g/mol. The van der Waals surface area contributed by atoms with Crippen LogP contribution in [0.3, 0.4) is 0 Å². The average Bonchev–Trinajstić information content (AvgIpc) is 2.40. The predicted octanol–water partition coefficient (Wildman–Crippen LogP) is 3.60. The van der Waals surface area contributed by atoms with Crippen molar-refractivity contribution in [1.29, 1.82) is 0 Å². The molecule has 0 radical (unpaired) electrons. The van der Waals surface area contributed by atoms with Crippen molar-refractivity contribution in [1.82, 2.24) is 0 Å². The van der Waals surface area contributed by atoms with Gasteiger partial charge in [0.2, 0.25) is 0 Å². The summed E-state index contributed by atoms with van der Waals surface area (Å²) in [6, 6.07) is 0. The molecule has 0 amide bonds. The SMILES string of the molecule is CC[C@H]1CSC/C=C/CSC[C@@H](C(C)=O)CCC1=O. The fourth-order valence-electron chi connectivity index (χ4n) is 2.06. The lowest BCUT2D eigenvalue weighted by Gasteiger charge is -2.15. The van der Waals surface area contributed by atoms with E-state index in [2.05, 4.69) is 19.1 Å². The summed E-state index contributed by atoms with van der Waals surface area (Å²) >= 11 is 3.62. The summed E-state index contributed by atoms with van der Waals surface area (Å²) in [6.45, 7) is 3.73. The van der Waals surface area contributed by atoms with Gasteiger partial charge in [-0.3, -0.25) is 9.59 Å². The second kappa shape index (κ2) is 9.65. The van der Waals surface area contributed by atoms with E-state index in [0.29, 0.717) is 12.2 Å². The number of carbonyl (C=O) groups is 2. The Morgan fingerprint density at radius 2 is 1.89 bits per heavy atom. The van der Waals surface area contributed by atoms with Crippen molar-refractivity contribution in [2.75, 3.05) is 23.0 Å². The number of hydrogen-bond acceptors (Lipinski definition) is 4. The zero-order valence-electron chi connectivity index (χ0n) is 11.9. The van der Waals surface area contributed by atoms with Crippen LogP contribution in [-0.4, -0.2) is 34.6 Å². The lowest BCUT2D eigenvalue weighted by molar-refractivity contribution is -0.123. The quantitative estimate of drug-likeness (QED) is 0.730. The second-order valence-electron chi connectivity index (χ2n) is 4.96. The molecule has 4 heteroatoms. The van der Waals surface area contributed by atoms with E-state index < -0.39 is 0 Å². The van der Waals surface area contributed by atoms with E-state index in [4.69, 9.17) is 0 Å². The first-order valence-corrected chi connectivity index (χ1v) is 9.29. The van der Waals surface area contributed by atoms with E-state index in [1.807, 2.05) is 11.8 Å². The van der Waals surface area contributed by atoms with Gasteiger partial charge in [-0.1, -0.05) is 19.1 Å². The summed E-state index contributed by atoms with van der Waals surface area (Å²) < 4.78 is 0. The third kappa shape index (κ3) is 6.66. The molecule has 0 aromatic heterocycles. The Bertz CT molecular complexity index is 326. The molecule has 0 unspecified atom stereocenters. The van der Waals surface area contributed by atoms with Gasteiger partial charge in [0.25, 0.3) is 0 Å². The standard InChI is InChI=1S/C15H24O2S2/c1-3-13-10-18-8-4-5-9-19-11-14(12(2)16)6-7-15(13)17/h4-5,13-14H,3,6-11H2,1-2H3/b5-4+/t13-,14-/m0/s1. The van der Waals surface area contributed by atoms with Crippen molar-refractivity contribution in [2.24, 2.45) is 11.8 Å². The van der Waals surface area contributed by atoms with Crippen LogP contribution in [-0.2, 0) is 9.59 Å². The predicted molar refractivity (Wildman–Crippen MR) is 86.0 cm³/mol. The first-order valence-electron chi connectivity index (χ1n) is 6.98. The maximum absolute atomic E-state index is 12.2. The van der Waals surface area contributed by atoms with Crippen LogP contribution < -0.4 is 0 Å². The highest BCUT2D eigenvalue weighted by molar-refractivity contribution is 7.99. The van der Waals surface area contributed by atoms with Crippen LogP contribution in [0.25, 0.3) is 0 Å². The molecule has 0 N–H and O–H groups in total. The zero-order chi connectivity index (χ0) is 14.1. The van der Waals surface area contributed by atoms with Crippen LogP contribution in [0.2, 0.25) is 0 Å². The molecule has 1 heterocycles. The molecule has 108 valence electrons. The fraction of sp³-hybridized carbons (Fsp3) is 0.733. The molecule has 1 rings (SSSR count). The van der Waals surface area contributed by atoms with Crippen molar-refractivity contribution < 1.29 is 9.59 Å². The van der Waals surface area contributed by atoms with Crippen LogP contribution in [0.4, 0.5) is 0 Å². The maximum atomic E-state index is 12.2. The third-order valence-electron chi connectivity index (χ3n) is 3.50. The summed E-state index contributed by atoms with van der Waals surface area (Å²) in [7, 11) is 0. The molecule has 0 fully saturated rings. The second-order valence-corrected chi connectivity index (χ2v) is 7.11. The molecule has 1 aliphatic heterocycles. The lowest BCUT2D eigenvalue weighted by atomic mass is 9.94. The van der Waals surface area contributed by atoms with Gasteiger partial charge in [-0.15, -0.1) is 0 Å². The van der Waals surface area contributed by atoms with Crippen LogP contribution in [0.5, 0.6) is 0 Å². The molecular weight excluding hydrogens is 276 g/mol. The molecule has 2 atom stereocenters. The fourth-order valence-corrected chi connectivity index (χ4v) is 4.26. The topological polar surface area (TPSA) is 34.1 Å². The Kier molecular flexibility index (Phi) is 8.55. The normalized spacial score (nSPS) is 28.8. The monoisotopic (exact) mass is 300 g/mol. The molecular formula is C15H24O2S2. The van der Waals surface area contributed by atoms with E-state index in [9.17, 15) is 9.59 Å². The molecule has 0 saturated heterocycles. The minimum absolute atomic E-state index is 0.0493. The summed E-state index contributed by atoms with van der Waals surface area (Å²) in [5.74, 6) is 4.49. The van der Waals surface area contributed by atoms with Gasteiger partial charge in [0.05, 0.1) is 0 Å². The van der Waals surface area contributed by atoms with Gasteiger partial charge in [0.1, 0.15) is 11.6 Å². The first kappa shape index (κ1) is 16.8. The van der Waals surface area contributed by atoms with Crippen molar-refractivity contribution in [2.45, 2.75) is 33.1 Å². The third-order valence-corrected chi connectivity index (χ3v) is 5.63. The molecule has 0 bridgehead atoms. The molecule has 19 heavy (non-hydrogen) atoms. The number of hydrogen-bond donors (Lipinski definition) is 0. The zero-order valence-corrected chi connectivity index (χ0v) is 13.5. The van der Waals surface area contributed by atoms with Crippen molar-refractivity contribution >= 4 is 35.1 Å². The molecule has 0 aromatic rings. The number of ketones is 2. The summed E-state index contributed by atoms with van der Waals surface area (Å²) in [5.41, 5.74) is 0. The van der Waals surface area contributed by atoms with E-state index in [-0.39, 0.29) is 17.6 Å². The Morgan fingerprint density at radius 1 is 1.26 bits per heavy atom. The summed E-state index contributed by atoms with van der Waals surface area (Å²) in [5, 5.41) is 0. The van der Waals surface area contributed by atoms with Gasteiger partial charge in [0.15, 0.2) is 0 Å². The number of rotatable bonds is 2. The van der Waals surface area contributed by atoms with Crippen molar-refractivity contribution in [3.05, 3.63) is 12.2 Å². The molecule has 1 aliphatic rings. The van der Waals surface area contributed by atoms with Gasteiger partial charge in [0, 0.05) is 41.3 Å². The van der Waals surface area contributed by atoms with Crippen LogP contribution in [0.1, 0.15) is 33.1 Å². The largest absolute Gasteiger partial charge is 0.300 e. The lowest BCUT2D eigenvalue weighted by Crippen LogP contribution is -2.20. The molecule has 0 aromatic carbocycles. The van der Waals surface area contributed by atoms with Crippen molar-refractivity contribution in [3.8, 4) is 0 Å². The Morgan fingerprint density at radius 3 is 2.47 bits per heavy atom. The van der Waals surface area contributed by atoms with Crippen LogP contribution in [0, 0.1) is 11.8 Å². The highest BCUT2D eigenvalue weighted by atomic mass is 32.2. The molecule has 0 aliphatic carbocycles. The molecule has 0 spiro atoms. The Balaban J connectivity index is 2.63. The van der Waals surface area contributed by atoms with Crippen LogP contribution in [0.15, 0.2) is 12.2 Å². The number of Topliss-reactive ketones (excluding diaryl/α,β-unsaturated/α-hetero) is 2. The molecule has 0 saturated carbocycles. The van der Waals surface area contributed by atoms with Gasteiger partial charge < -0.3 is 0 Å². The number of thioether (sulfide) groups is 2. The van der Waals surface area contributed by atoms with Gasteiger partial charge >= 0.3 is 0 Å². The Hall–Kier alpha value is -0.220. The molecule has 2 nitrogen and oxygen atoms in total. The summed E-state index contributed by atoms with van der Waals surface area (Å²) in [4.78, 5) is 23.8. The minimum atomic E-state index is 0.0493. The highest BCUT2D eigenvalue weighted by Gasteiger charge is 2.20. The van der Waals surface area contributed by atoms with Gasteiger partial charge in [-0.25, -0.2) is 0 Å². The van der Waals surface area contributed by atoms with Crippen molar-refractivity contribution in [3.63, 3.8) is 0 Å². The smallest absolute Gasteiger partial charge is 0.136 e.